The monoisotopic (exact) mass is 362 g/mol. The van der Waals surface area contributed by atoms with Crippen LogP contribution in [0.2, 0.25) is 0 Å². The smallest absolute Gasteiger partial charge is 0.227 e. The van der Waals surface area contributed by atoms with Gasteiger partial charge in [-0.2, -0.15) is 4.98 Å². The number of ether oxygens (including phenoxy) is 1. The van der Waals surface area contributed by atoms with Crippen molar-refractivity contribution in [3.05, 3.63) is 9.26 Å². The maximum absolute atomic E-state index is 5.22. The molecule has 18 heavy (non-hydrogen) atoms. The first kappa shape index (κ1) is 13.8. The van der Waals surface area contributed by atoms with Crippen LogP contribution in [0.5, 0.6) is 0 Å². The summed E-state index contributed by atoms with van der Waals surface area (Å²) in [7, 11) is 1.70. The molecule has 100 valence electrons. The van der Waals surface area contributed by atoms with Crippen molar-refractivity contribution in [3.8, 4) is 0 Å². The van der Waals surface area contributed by atoms with E-state index >= 15 is 0 Å². The molecule has 1 aromatic heterocycles. The average Bonchev–Trinajstić information content (AvgIpc) is 2.88. The minimum Gasteiger partial charge on any atom is -0.378 e. The van der Waals surface area contributed by atoms with E-state index in [0.717, 1.165) is 40.7 Å². The molecule has 0 spiro atoms. The first-order valence-electron chi connectivity index (χ1n) is 6.30. The predicted molar refractivity (Wildman–Crippen MR) is 81.1 cm³/mol. The van der Waals surface area contributed by atoms with E-state index in [1.165, 1.54) is 12.8 Å². The molecule has 0 bridgehead atoms. The quantitative estimate of drug-likeness (QED) is 0.815. The Kier molecular flexibility index (Phi) is 4.99. The van der Waals surface area contributed by atoms with E-state index in [2.05, 4.69) is 49.7 Å². The zero-order valence-corrected chi connectivity index (χ0v) is 13.0. The minimum absolute atomic E-state index is 0.528. The first-order chi connectivity index (χ1) is 8.76. The summed E-state index contributed by atoms with van der Waals surface area (Å²) in [5.41, 5.74) is 0.964. The van der Waals surface area contributed by atoms with E-state index in [0.29, 0.717) is 6.61 Å². The van der Waals surface area contributed by atoms with E-state index in [4.69, 9.17) is 4.74 Å². The Balaban J connectivity index is 2.33. The lowest BCUT2D eigenvalue weighted by Crippen LogP contribution is -2.22. The molecule has 1 N–H and O–H groups in total. The van der Waals surface area contributed by atoms with Crippen LogP contribution in [0.15, 0.2) is 0 Å². The summed E-state index contributed by atoms with van der Waals surface area (Å²) < 4.78 is 6.27. The van der Waals surface area contributed by atoms with Gasteiger partial charge in [0, 0.05) is 26.7 Å². The van der Waals surface area contributed by atoms with Crippen LogP contribution in [-0.4, -0.2) is 36.7 Å². The number of hydrogen-bond donors (Lipinski definition) is 1. The van der Waals surface area contributed by atoms with Crippen molar-refractivity contribution in [2.24, 2.45) is 0 Å². The number of nitrogens with one attached hydrogen (secondary N) is 1. The zero-order valence-electron chi connectivity index (χ0n) is 10.9. The van der Waals surface area contributed by atoms with Crippen molar-refractivity contribution in [1.82, 2.24) is 9.97 Å². The second kappa shape index (κ2) is 6.51. The fourth-order valence-electron chi connectivity index (χ4n) is 2.06. The van der Waals surface area contributed by atoms with E-state index < -0.39 is 0 Å². The second-order valence-corrected chi connectivity index (χ2v) is 5.37. The van der Waals surface area contributed by atoms with Gasteiger partial charge in [0.05, 0.1) is 15.9 Å². The largest absolute Gasteiger partial charge is 0.378 e. The van der Waals surface area contributed by atoms with Gasteiger partial charge in [-0.1, -0.05) is 0 Å². The van der Waals surface area contributed by atoms with Crippen LogP contribution in [0.1, 0.15) is 25.5 Å². The van der Waals surface area contributed by atoms with Crippen LogP contribution in [-0.2, 0) is 11.3 Å². The second-order valence-electron chi connectivity index (χ2n) is 4.29. The van der Waals surface area contributed by atoms with Crippen LogP contribution in [0.4, 0.5) is 11.8 Å². The SMILES string of the molecule is CCNc1nc(N2CCCC2)nc(COC)c1I. The van der Waals surface area contributed by atoms with Gasteiger partial charge < -0.3 is 15.0 Å². The van der Waals surface area contributed by atoms with Crippen LogP contribution in [0.3, 0.4) is 0 Å². The van der Waals surface area contributed by atoms with Crippen molar-refractivity contribution < 1.29 is 4.74 Å². The van der Waals surface area contributed by atoms with Gasteiger partial charge in [0.25, 0.3) is 0 Å². The van der Waals surface area contributed by atoms with Crippen LogP contribution < -0.4 is 10.2 Å². The molecule has 0 aromatic carbocycles. The van der Waals surface area contributed by atoms with Gasteiger partial charge in [-0.3, -0.25) is 0 Å². The molecule has 1 aromatic rings. The maximum Gasteiger partial charge on any atom is 0.227 e. The van der Waals surface area contributed by atoms with Crippen LogP contribution >= 0.6 is 22.6 Å². The Morgan fingerprint density at radius 3 is 2.67 bits per heavy atom. The molecule has 0 saturated carbocycles. The molecule has 0 unspecified atom stereocenters. The molecule has 6 heteroatoms. The lowest BCUT2D eigenvalue weighted by Gasteiger charge is -2.18. The van der Waals surface area contributed by atoms with Crippen molar-refractivity contribution in [1.29, 1.82) is 0 Å². The van der Waals surface area contributed by atoms with Gasteiger partial charge >= 0.3 is 0 Å². The van der Waals surface area contributed by atoms with Crippen LogP contribution in [0.25, 0.3) is 0 Å². The average molecular weight is 362 g/mol. The summed E-state index contributed by atoms with van der Waals surface area (Å²) in [6.07, 6.45) is 2.46. The number of rotatable bonds is 5. The topological polar surface area (TPSA) is 50.3 Å². The molecule has 2 heterocycles. The number of methoxy groups -OCH3 is 1. The Bertz CT molecular complexity index is 380. The highest BCUT2D eigenvalue weighted by atomic mass is 127. The van der Waals surface area contributed by atoms with Gasteiger partial charge in [-0.15, -0.1) is 0 Å². The normalized spacial score (nSPS) is 15.2. The molecule has 1 aliphatic rings. The third kappa shape index (κ3) is 3.03. The summed E-state index contributed by atoms with van der Waals surface area (Å²) in [5, 5.41) is 3.30. The maximum atomic E-state index is 5.22. The summed E-state index contributed by atoms with van der Waals surface area (Å²) in [6.45, 7) is 5.57. The van der Waals surface area contributed by atoms with Crippen LogP contribution in [0, 0.1) is 3.57 Å². The Morgan fingerprint density at radius 1 is 1.33 bits per heavy atom. The fraction of sp³-hybridized carbons (Fsp3) is 0.667. The van der Waals surface area contributed by atoms with Gasteiger partial charge in [0.2, 0.25) is 5.95 Å². The van der Waals surface area contributed by atoms with Crippen molar-refractivity contribution in [2.75, 3.05) is 37.0 Å². The minimum atomic E-state index is 0.528. The highest BCUT2D eigenvalue weighted by Crippen LogP contribution is 2.24. The number of nitrogens with zero attached hydrogens (tertiary/aromatic N) is 3. The molecular weight excluding hydrogens is 343 g/mol. The molecule has 5 nitrogen and oxygen atoms in total. The molecule has 1 fully saturated rings. The molecule has 1 aliphatic heterocycles. The van der Waals surface area contributed by atoms with E-state index in [9.17, 15) is 0 Å². The van der Waals surface area contributed by atoms with Gasteiger partial charge in [0.1, 0.15) is 5.82 Å². The van der Waals surface area contributed by atoms with Crippen molar-refractivity contribution in [2.45, 2.75) is 26.4 Å². The lowest BCUT2D eigenvalue weighted by atomic mass is 10.4. The predicted octanol–water partition coefficient (Wildman–Crippen LogP) is 2.26. The third-order valence-electron chi connectivity index (χ3n) is 2.92. The number of halogens is 1. The van der Waals surface area contributed by atoms with Crippen molar-refractivity contribution >= 4 is 34.4 Å². The molecule has 0 aliphatic carbocycles. The standard InChI is InChI=1S/C12H19IN4O/c1-3-14-11-10(13)9(8-18-2)15-12(16-11)17-6-4-5-7-17/h3-8H2,1-2H3,(H,14,15,16). The van der Waals surface area contributed by atoms with E-state index in [1.54, 1.807) is 7.11 Å². The lowest BCUT2D eigenvalue weighted by molar-refractivity contribution is 0.181. The number of anilines is 2. The van der Waals surface area contributed by atoms with Gasteiger partial charge in [-0.25, -0.2) is 4.98 Å². The first-order valence-corrected chi connectivity index (χ1v) is 7.38. The molecule has 0 atom stereocenters. The fourth-order valence-corrected chi connectivity index (χ4v) is 2.64. The van der Waals surface area contributed by atoms with E-state index in [1.807, 2.05) is 0 Å². The molecular formula is C12H19IN4O. The van der Waals surface area contributed by atoms with E-state index in [-0.39, 0.29) is 0 Å². The van der Waals surface area contributed by atoms with Gasteiger partial charge in [-0.05, 0) is 42.4 Å². The highest BCUT2D eigenvalue weighted by molar-refractivity contribution is 14.1. The molecule has 0 radical (unpaired) electrons. The number of aromatic nitrogens is 2. The Morgan fingerprint density at radius 2 is 2.06 bits per heavy atom. The summed E-state index contributed by atoms with van der Waals surface area (Å²) in [6, 6.07) is 0. The molecule has 2 rings (SSSR count). The summed E-state index contributed by atoms with van der Waals surface area (Å²) in [4.78, 5) is 11.5. The van der Waals surface area contributed by atoms with Gasteiger partial charge in [0.15, 0.2) is 0 Å². The summed E-state index contributed by atoms with van der Waals surface area (Å²) >= 11 is 2.28. The molecule has 1 saturated heterocycles. The Labute approximate surface area is 121 Å². The Hall–Kier alpha value is -0.630. The number of hydrogen-bond acceptors (Lipinski definition) is 5. The zero-order chi connectivity index (χ0) is 13.0. The highest BCUT2D eigenvalue weighted by Gasteiger charge is 2.19. The summed E-state index contributed by atoms with van der Waals surface area (Å²) in [5.74, 6) is 1.75. The molecule has 0 amide bonds. The van der Waals surface area contributed by atoms with Crippen molar-refractivity contribution in [3.63, 3.8) is 0 Å². The third-order valence-corrected chi connectivity index (χ3v) is 4.06.